The summed E-state index contributed by atoms with van der Waals surface area (Å²) in [5, 5.41) is 6.39. The van der Waals surface area contributed by atoms with E-state index in [1.54, 1.807) is 7.05 Å². The van der Waals surface area contributed by atoms with Crippen molar-refractivity contribution in [2.45, 2.75) is 31.6 Å². The Morgan fingerprint density at radius 2 is 1.57 bits per heavy atom. The van der Waals surface area contributed by atoms with Crippen LogP contribution in [0.25, 0.3) is 0 Å². The summed E-state index contributed by atoms with van der Waals surface area (Å²) in [7, 11) is -1.41. The van der Waals surface area contributed by atoms with Crippen molar-refractivity contribution in [3.63, 3.8) is 0 Å². The van der Waals surface area contributed by atoms with Crippen LogP contribution in [-0.4, -0.2) is 46.9 Å². The number of benzene rings is 2. The van der Waals surface area contributed by atoms with Crippen LogP contribution in [0.15, 0.2) is 65.7 Å². The maximum atomic E-state index is 12.2. The van der Waals surface area contributed by atoms with Crippen molar-refractivity contribution < 1.29 is 13.2 Å². The van der Waals surface area contributed by atoms with Crippen molar-refractivity contribution >= 4 is 15.8 Å². The van der Waals surface area contributed by atoms with Gasteiger partial charge >= 0.3 is 0 Å². The second-order valence-electron chi connectivity index (χ2n) is 7.13. The van der Waals surface area contributed by atoms with Gasteiger partial charge in [-0.2, -0.15) is 0 Å². The second kappa shape index (κ2) is 13.0. The van der Waals surface area contributed by atoms with E-state index >= 15 is 0 Å². The van der Waals surface area contributed by atoms with Gasteiger partial charge in [0.2, 0.25) is 0 Å². The number of hydrogen-bond acceptors (Lipinski definition) is 4. The molecule has 1 atom stereocenters. The molecular weight excluding hydrogens is 398 g/mol. The Balaban J connectivity index is 1.57. The number of aliphatic imine (C=N–C) groups is 1. The molecular formula is C23H33N3O3S. The monoisotopic (exact) mass is 431 g/mol. The standard InChI is InChI=1S/C23H33N3O3S/c1-20(22-13-7-4-8-14-22)29-17-9-15-25-23(24-2)26-16-10-18-30(27,28)19-21-11-5-3-6-12-21/h3-8,11-14,20H,9-10,15-19H2,1-2H3,(H2,24,25,26). The molecule has 2 aromatic rings. The van der Waals surface area contributed by atoms with E-state index in [1.807, 2.05) is 48.5 Å². The first-order chi connectivity index (χ1) is 14.5. The van der Waals surface area contributed by atoms with Crippen LogP contribution in [0.3, 0.4) is 0 Å². The number of nitrogens with zero attached hydrogens (tertiary/aromatic N) is 1. The fourth-order valence-corrected chi connectivity index (χ4v) is 4.41. The summed E-state index contributed by atoms with van der Waals surface area (Å²) in [5.41, 5.74) is 2.00. The van der Waals surface area contributed by atoms with E-state index < -0.39 is 9.84 Å². The second-order valence-corrected chi connectivity index (χ2v) is 9.32. The van der Waals surface area contributed by atoms with Crippen molar-refractivity contribution in [1.29, 1.82) is 0 Å². The fraction of sp³-hybridized carbons (Fsp3) is 0.435. The van der Waals surface area contributed by atoms with Crippen LogP contribution in [0.2, 0.25) is 0 Å². The SMILES string of the molecule is CN=C(NCCCOC(C)c1ccccc1)NCCCS(=O)(=O)Cc1ccccc1. The molecule has 1 unspecified atom stereocenters. The summed E-state index contributed by atoms with van der Waals surface area (Å²) in [5.74, 6) is 0.908. The van der Waals surface area contributed by atoms with E-state index in [0.717, 1.165) is 18.5 Å². The Hall–Kier alpha value is -2.38. The van der Waals surface area contributed by atoms with Crippen molar-refractivity contribution in [3.8, 4) is 0 Å². The first kappa shape index (κ1) is 23.9. The maximum Gasteiger partial charge on any atom is 0.190 e. The third kappa shape index (κ3) is 9.41. The van der Waals surface area contributed by atoms with Gasteiger partial charge in [0.25, 0.3) is 0 Å². The number of nitrogens with one attached hydrogen (secondary N) is 2. The number of rotatable bonds is 12. The molecule has 2 rings (SSSR count). The Labute approximate surface area is 180 Å². The Kier molecular flexibility index (Phi) is 10.4. The first-order valence-electron chi connectivity index (χ1n) is 10.4. The van der Waals surface area contributed by atoms with E-state index in [4.69, 9.17) is 4.74 Å². The van der Waals surface area contributed by atoms with Gasteiger partial charge in [0.15, 0.2) is 15.8 Å². The molecule has 2 N–H and O–H groups in total. The molecule has 7 heteroatoms. The quantitative estimate of drug-likeness (QED) is 0.306. The highest BCUT2D eigenvalue weighted by atomic mass is 32.2. The molecule has 6 nitrogen and oxygen atoms in total. The summed E-state index contributed by atoms with van der Waals surface area (Å²) >= 11 is 0. The van der Waals surface area contributed by atoms with Gasteiger partial charge in [-0.1, -0.05) is 60.7 Å². The smallest absolute Gasteiger partial charge is 0.190 e. The third-order valence-corrected chi connectivity index (χ3v) is 6.31. The van der Waals surface area contributed by atoms with Gasteiger partial charge in [-0.25, -0.2) is 8.42 Å². The molecule has 0 aliphatic carbocycles. The molecule has 0 aromatic heterocycles. The molecule has 0 aliphatic rings. The molecule has 0 heterocycles. The lowest BCUT2D eigenvalue weighted by molar-refractivity contribution is 0.0646. The topological polar surface area (TPSA) is 79.8 Å². The lowest BCUT2D eigenvalue weighted by Crippen LogP contribution is -2.38. The van der Waals surface area contributed by atoms with Crippen molar-refractivity contribution in [1.82, 2.24) is 10.6 Å². The number of sulfone groups is 1. The fourth-order valence-electron chi connectivity index (χ4n) is 2.98. The van der Waals surface area contributed by atoms with Gasteiger partial charge in [0.1, 0.15) is 0 Å². The van der Waals surface area contributed by atoms with Gasteiger partial charge in [-0.3, -0.25) is 4.99 Å². The zero-order chi connectivity index (χ0) is 21.7. The predicted molar refractivity (Wildman–Crippen MR) is 123 cm³/mol. The highest BCUT2D eigenvalue weighted by molar-refractivity contribution is 7.90. The molecule has 0 fully saturated rings. The summed E-state index contributed by atoms with van der Waals surface area (Å²) in [6.07, 6.45) is 1.46. The van der Waals surface area contributed by atoms with E-state index in [0.29, 0.717) is 25.5 Å². The average Bonchev–Trinajstić information content (AvgIpc) is 2.75. The van der Waals surface area contributed by atoms with Crippen molar-refractivity contribution in [2.75, 3.05) is 32.5 Å². The van der Waals surface area contributed by atoms with Gasteiger partial charge in [0, 0.05) is 26.7 Å². The van der Waals surface area contributed by atoms with Crippen molar-refractivity contribution in [2.24, 2.45) is 4.99 Å². The Morgan fingerprint density at radius 3 is 2.20 bits per heavy atom. The molecule has 0 radical (unpaired) electrons. The number of hydrogen-bond donors (Lipinski definition) is 2. The minimum Gasteiger partial charge on any atom is -0.374 e. The van der Waals surface area contributed by atoms with Gasteiger partial charge in [-0.15, -0.1) is 0 Å². The molecule has 0 aliphatic heterocycles. The van der Waals surface area contributed by atoms with Crippen LogP contribution in [0.4, 0.5) is 0 Å². The largest absolute Gasteiger partial charge is 0.374 e. The molecule has 0 saturated heterocycles. The lowest BCUT2D eigenvalue weighted by Gasteiger charge is -2.15. The molecule has 2 aromatic carbocycles. The van der Waals surface area contributed by atoms with Crippen LogP contribution in [0.5, 0.6) is 0 Å². The zero-order valence-electron chi connectivity index (χ0n) is 17.9. The average molecular weight is 432 g/mol. The molecule has 0 spiro atoms. The summed E-state index contributed by atoms with van der Waals surface area (Å²) < 4.78 is 30.3. The molecule has 0 amide bonds. The molecule has 0 bridgehead atoms. The van der Waals surface area contributed by atoms with Gasteiger partial charge < -0.3 is 15.4 Å². The predicted octanol–water partition coefficient (Wildman–Crippen LogP) is 3.32. The minimum atomic E-state index is -3.11. The third-order valence-electron chi connectivity index (χ3n) is 4.63. The summed E-state index contributed by atoms with van der Waals surface area (Å²) in [6, 6.07) is 19.4. The number of guanidine groups is 1. The first-order valence-corrected chi connectivity index (χ1v) is 12.2. The summed E-state index contributed by atoms with van der Waals surface area (Å²) in [4.78, 5) is 4.17. The Morgan fingerprint density at radius 1 is 0.967 bits per heavy atom. The van der Waals surface area contributed by atoms with Crippen LogP contribution < -0.4 is 10.6 Å². The highest BCUT2D eigenvalue weighted by Gasteiger charge is 2.11. The Bertz CT molecular complexity index is 856. The molecule has 0 saturated carbocycles. The zero-order valence-corrected chi connectivity index (χ0v) is 18.7. The molecule has 30 heavy (non-hydrogen) atoms. The van der Waals surface area contributed by atoms with E-state index in [-0.39, 0.29) is 17.6 Å². The van der Waals surface area contributed by atoms with Gasteiger partial charge in [-0.05, 0) is 30.9 Å². The van der Waals surface area contributed by atoms with E-state index in [2.05, 4.69) is 34.7 Å². The molecule has 164 valence electrons. The number of ether oxygens (including phenoxy) is 1. The van der Waals surface area contributed by atoms with E-state index in [1.165, 1.54) is 5.56 Å². The normalized spacial score (nSPS) is 13.1. The lowest BCUT2D eigenvalue weighted by atomic mass is 10.1. The van der Waals surface area contributed by atoms with Crippen LogP contribution in [0, 0.1) is 0 Å². The highest BCUT2D eigenvalue weighted by Crippen LogP contribution is 2.15. The van der Waals surface area contributed by atoms with Crippen LogP contribution in [0.1, 0.15) is 37.0 Å². The summed E-state index contributed by atoms with van der Waals surface area (Å²) in [6.45, 7) is 3.98. The van der Waals surface area contributed by atoms with Gasteiger partial charge in [0.05, 0.1) is 17.6 Å². The van der Waals surface area contributed by atoms with Crippen LogP contribution >= 0.6 is 0 Å². The van der Waals surface area contributed by atoms with Crippen molar-refractivity contribution in [3.05, 3.63) is 71.8 Å². The maximum absolute atomic E-state index is 12.2. The van der Waals surface area contributed by atoms with E-state index in [9.17, 15) is 8.42 Å². The van der Waals surface area contributed by atoms with Crippen LogP contribution in [-0.2, 0) is 20.3 Å². The minimum absolute atomic E-state index is 0.0708.